The largest absolute Gasteiger partial charge is 0.265 e. The minimum atomic E-state index is -0.102. The second-order valence-corrected chi connectivity index (χ2v) is 4.85. The summed E-state index contributed by atoms with van der Waals surface area (Å²) in [6, 6.07) is 8.40. The first-order valence-electron chi connectivity index (χ1n) is 6.15. The molecule has 1 spiro atoms. The second kappa shape index (κ2) is 3.39. The number of benzene rings is 1. The molecule has 1 aromatic rings. The van der Waals surface area contributed by atoms with Crippen LogP contribution in [0.15, 0.2) is 70.3 Å². The van der Waals surface area contributed by atoms with Crippen LogP contribution in [-0.2, 0) is 5.41 Å². The van der Waals surface area contributed by atoms with E-state index in [0.29, 0.717) is 0 Å². The van der Waals surface area contributed by atoms with Crippen molar-refractivity contribution in [2.45, 2.75) is 11.8 Å². The van der Waals surface area contributed by atoms with Crippen molar-refractivity contribution in [3.63, 3.8) is 0 Å². The Labute approximate surface area is 106 Å². The summed E-state index contributed by atoms with van der Waals surface area (Å²) in [6.45, 7) is 0. The second-order valence-electron chi connectivity index (χ2n) is 4.85. The molecule has 0 saturated heterocycles. The van der Waals surface area contributed by atoms with E-state index < -0.39 is 0 Å². The first-order chi connectivity index (χ1) is 8.88. The molecule has 0 amide bonds. The number of para-hydroxylation sites is 1. The Kier molecular flexibility index (Phi) is 1.84. The molecule has 0 fully saturated rings. The summed E-state index contributed by atoms with van der Waals surface area (Å²) in [6.07, 6.45) is 13.3. The van der Waals surface area contributed by atoms with E-state index in [0.717, 1.165) is 17.8 Å². The molecule has 1 aliphatic carbocycles. The van der Waals surface area contributed by atoms with Gasteiger partial charge in [-0.15, -0.1) is 0 Å². The van der Waals surface area contributed by atoms with Gasteiger partial charge in [0.05, 0.1) is 16.8 Å². The number of fused-ring (bicyclic) bond motifs is 2. The van der Waals surface area contributed by atoms with E-state index in [9.17, 15) is 0 Å². The fourth-order valence-electron chi connectivity index (χ4n) is 2.96. The lowest BCUT2D eigenvalue weighted by Gasteiger charge is -2.31. The molecule has 86 valence electrons. The Morgan fingerprint density at radius 2 is 2.06 bits per heavy atom. The van der Waals surface area contributed by atoms with Gasteiger partial charge in [-0.25, -0.2) is 0 Å². The van der Waals surface area contributed by atoms with E-state index in [1.165, 1.54) is 11.1 Å². The molecule has 1 unspecified atom stereocenters. The lowest BCUT2D eigenvalue weighted by molar-refractivity contribution is 0.719. The Morgan fingerprint density at radius 3 is 3.06 bits per heavy atom. The van der Waals surface area contributed by atoms with Gasteiger partial charge in [-0.05, 0) is 41.9 Å². The summed E-state index contributed by atoms with van der Waals surface area (Å²) in [5.41, 5.74) is 4.72. The third kappa shape index (κ3) is 1.17. The summed E-state index contributed by atoms with van der Waals surface area (Å²) in [5.74, 6) is 0. The van der Waals surface area contributed by atoms with Crippen LogP contribution in [0.4, 0.5) is 5.69 Å². The lowest BCUT2D eigenvalue weighted by atomic mass is 9.70. The van der Waals surface area contributed by atoms with Crippen molar-refractivity contribution in [2.24, 2.45) is 9.98 Å². The zero-order chi connectivity index (χ0) is 12.0. The molecule has 0 radical (unpaired) electrons. The van der Waals surface area contributed by atoms with Gasteiger partial charge in [0.2, 0.25) is 0 Å². The number of rotatable bonds is 0. The van der Waals surface area contributed by atoms with Crippen LogP contribution in [0.2, 0.25) is 0 Å². The molecule has 2 bridgehead atoms. The molecule has 0 saturated carbocycles. The van der Waals surface area contributed by atoms with Crippen molar-refractivity contribution in [1.82, 2.24) is 0 Å². The number of hydrogen-bond donors (Lipinski definition) is 0. The van der Waals surface area contributed by atoms with Crippen molar-refractivity contribution in [3.05, 3.63) is 65.9 Å². The molecule has 18 heavy (non-hydrogen) atoms. The third-order valence-corrected chi connectivity index (χ3v) is 3.84. The van der Waals surface area contributed by atoms with Gasteiger partial charge in [-0.3, -0.25) is 9.98 Å². The molecular formula is C16H12N2. The van der Waals surface area contributed by atoms with Gasteiger partial charge in [0, 0.05) is 12.4 Å². The first-order valence-corrected chi connectivity index (χ1v) is 6.15. The van der Waals surface area contributed by atoms with Crippen LogP contribution in [0.3, 0.4) is 0 Å². The normalized spacial score (nSPS) is 33.3. The topological polar surface area (TPSA) is 24.7 Å². The molecule has 0 N–H and O–H groups in total. The highest BCUT2D eigenvalue weighted by atomic mass is 14.8. The SMILES string of the molecule is C1=C\C2=C/C=N\C=C/C3(C2)C1=Nc1ccccc13. The third-order valence-electron chi connectivity index (χ3n) is 3.84. The molecule has 2 aliphatic heterocycles. The molecule has 4 rings (SSSR count). The minimum Gasteiger partial charge on any atom is -0.265 e. The van der Waals surface area contributed by atoms with Crippen LogP contribution in [0.1, 0.15) is 12.0 Å². The molecule has 1 atom stereocenters. The van der Waals surface area contributed by atoms with Crippen molar-refractivity contribution in [1.29, 1.82) is 0 Å². The maximum atomic E-state index is 4.76. The smallest absolute Gasteiger partial charge is 0.0678 e. The van der Waals surface area contributed by atoms with Gasteiger partial charge >= 0.3 is 0 Å². The predicted molar refractivity (Wildman–Crippen MR) is 74.7 cm³/mol. The number of hydrogen-bond acceptors (Lipinski definition) is 2. The Morgan fingerprint density at radius 1 is 1.11 bits per heavy atom. The van der Waals surface area contributed by atoms with Crippen LogP contribution in [0.25, 0.3) is 0 Å². The summed E-state index contributed by atoms with van der Waals surface area (Å²) >= 11 is 0. The zero-order valence-corrected chi connectivity index (χ0v) is 9.88. The van der Waals surface area contributed by atoms with Crippen molar-refractivity contribution < 1.29 is 0 Å². The summed E-state index contributed by atoms with van der Waals surface area (Å²) < 4.78 is 0. The Hall–Kier alpha value is -2.22. The van der Waals surface area contributed by atoms with Crippen molar-refractivity contribution in [2.75, 3.05) is 0 Å². The van der Waals surface area contributed by atoms with Crippen molar-refractivity contribution >= 4 is 17.6 Å². The predicted octanol–water partition coefficient (Wildman–Crippen LogP) is 3.49. The highest BCUT2D eigenvalue weighted by molar-refractivity contribution is 6.12. The molecule has 2 heteroatoms. The van der Waals surface area contributed by atoms with E-state index in [-0.39, 0.29) is 5.41 Å². The standard InChI is InChI=1S/C16H12N2/c1-2-4-14-13(3-1)16-8-10-17-9-7-12(11-16)5-6-15(16)18-14/h1-10H,11H2/b10-8-,12-7+,17-9-. The van der Waals surface area contributed by atoms with Gasteiger partial charge in [-0.1, -0.05) is 24.3 Å². The number of aliphatic imine (C=N–C) groups is 2. The fourth-order valence-corrected chi connectivity index (χ4v) is 2.96. The van der Waals surface area contributed by atoms with Gasteiger partial charge in [0.15, 0.2) is 0 Å². The van der Waals surface area contributed by atoms with Gasteiger partial charge in [0.1, 0.15) is 0 Å². The summed E-state index contributed by atoms with van der Waals surface area (Å²) in [7, 11) is 0. The van der Waals surface area contributed by atoms with Gasteiger partial charge in [0.25, 0.3) is 0 Å². The summed E-state index contributed by atoms with van der Waals surface area (Å²) in [4.78, 5) is 9.03. The van der Waals surface area contributed by atoms with Gasteiger partial charge < -0.3 is 0 Å². The quantitative estimate of drug-likeness (QED) is 0.654. The molecule has 0 aromatic heterocycles. The summed E-state index contributed by atoms with van der Waals surface area (Å²) in [5, 5.41) is 0. The van der Waals surface area contributed by atoms with Crippen LogP contribution >= 0.6 is 0 Å². The van der Waals surface area contributed by atoms with E-state index in [2.05, 4.69) is 47.5 Å². The van der Waals surface area contributed by atoms with Crippen LogP contribution in [-0.4, -0.2) is 11.9 Å². The highest BCUT2D eigenvalue weighted by Gasteiger charge is 2.42. The van der Waals surface area contributed by atoms with Gasteiger partial charge in [-0.2, -0.15) is 0 Å². The first kappa shape index (κ1) is 9.77. The highest BCUT2D eigenvalue weighted by Crippen LogP contribution is 2.47. The number of allylic oxidation sites excluding steroid dienone is 5. The molecule has 3 aliphatic rings. The van der Waals surface area contributed by atoms with E-state index in [4.69, 9.17) is 4.99 Å². The maximum Gasteiger partial charge on any atom is 0.0678 e. The molecular weight excluding hydrogens is 220 g/mol. The Balaban J connectivity index is 2.03. The van der Waals surface area contributed by atoms with E-state index in [1.807, 2.05) is 18.5 Å². The minimum absolute atomic E-state index is 0.102. The van der Waals surface area contributed by atoms with Crippen LogP contribution in [0.5, 0.6) is 0 Å². The van der Waals surface area contributed by atoms with Crippen molar-refractivity contribution in [3.8, 4) is 0 Å². The Bertz CT molecular complexity index is 674. The van der Waals surface area contributed by atoms with Crippen LogP contribution < -0.4 is 0 Å². The zero-order valence-electron chi connectivity index (χ0n) is 9.88. The van der Waals surface area contributed by atoms with E-state index >= 15 is 0 Å². The molecule has 1 aromatic carbocycles. The molecule has 2 nitrogen and oxygen atoms in total. The number of nitrogens with zero attached hydrogens (tertiary/aromatic N) is 2. The maximum absolute atomic E-state index is 4.76. The average molecular weight is 232 g/mol. The van der Waals surface area contributed by atoms with E-state index in [1.54, 1.807) is 0 Å². The monoisotopic (exact) mass is 232 g/mol. The fraction of sp³-hybridized carbons (Fsp3) is 0.125. The lowest BCUT2D eigenvalue weighted by Crippen LogP contribution is -2.32. The van der Waals surface area contributed by atoms with Crippen LogP contribution in [0, 0.1) is 0 Å². The average Bonchev–Trinajstić information content (AvgIpc) is 2.71. The molecule has 2 heterocycles.